The molecule has 0 bridgehead atoms. The molecule has 2 heterocycles. The lowest BCUT2D eigenvalue weighted by Crippen LogP contribution is -2.15. The number of nitrogens with zero attached hydrogens (tertiary/aromatic N) is 2. The molecule has 0 radical (unpaired) electrons. The zero-order valence-corrected chi connectivity index (χ0v) is 9.79. The van der Waals surface area contributed by atoms with Gasteiger partial charge in [0.1, 0.15) is 5.65 Å². The van der Waals surface area contributed by atoms with Crippen LogP contribution in [0, 0.1) is 0 Å². The van der Waals surface area contributed by atoms with Crippen molar-refractivity contribution in [2.75, 3.05) is 0 Å². The molecule has 0 aliphatic rings. The minimum atomic E-state index is -0.125. The highest BCUT2D eigenvalue weighted by Gasteiger charge is 2.01. The number of pyridine rings is 1. The first-order chi connectivity index (χ1) is 5.81. The zero-order chi connectivity index (χ0) is 8.55. The van der Waals surface area contributed by atoms with E-state index >= 15 is 0 Å². The predicted molar refractivity (Wildman–Crippen MR) is 55.5 cm³/mol. The van der Waals surface area contributed by atoms with Crippen LogP contribution in [0.25, 0.3) is 5.65 Å². The summed E-state index contributed by atoms with van der Waals surface area (Å²) in [4.78, 5) is 4.31. The van der Waals surface area contributed by atoms with Gasteiger partial charge in [-0.1, -0.05) is 0 Å². The summed E-state index contributed by atoms with van der Waals surface area (Å²) >= 11 is 3.32. The molecule has 2 nitrogen and oxygen atoms in total. The Kier molecular flexibility index (Phi) is 2.23. The Labute approximate surface area is 85.5 Å². The van der Waals surface area contributed by atoms with Gasteiger partial charge in [0.15, 0.2) is 0 Å². The molecule has 0 spiro atoms. The maximum Gasteiger partial charge on any atom is 0.310 e. The summed E-state index contributed by atoms with van der Waals surface area (Å²) in [7, 11) is 0. The van der Waals surface area contributed by atoms with Gasteiger partial charge in [-0.15, -0.1) is 5.79 Å². The molecular weight excluding hydrogens is 231 g/mol. The van der Waals surface area contributed by atoms with E-state index in [1.165, 1.54) is 4.56 Å². The Balaban J connectivity index is 2.75. The third-order valence-electron chi connectivity index (χ3n) is 1.91. The van der Waals surface area contributed by atoms with Crippen molar-refractivity contribution in [3.63, 3.8) is 0 Å². The van der Waals surface area contributed by atoms with E-state index in [1.807, 2.05) is 18.3 Å². The molecule has 12 heavy (non-hydrogen) atoms. The van der Waals surface area contributed by atoms with Crippen LogP contribution in [0.1, 0.15) is 0 Å². The fourth-order valence-corrected chi connectivity index (χ4v) is 2.47. The van der Waals surface area contributed by atoms with E-state index in [-0.39, 0.29) is 15.2 Å². The second kappa shape index (κ2) is 3.21. The van der Waals surface area contributed by atoms with Gasteiger partial charge in [0.05, 0.1) is 0 Å². The quantitative estimate of drug-likeness (QED) is 0.683. The summed E-state index contributed by atoms with van der Waals surface area (Å²) in [5, 5.41) is 0. The highest BCUT2D eigenvalue weighted by atomic mass is 79.9. The summed E-state index contributed by atoms with van der Waals surface area (Å²) in [5.74, 6) is 2.27. The van der Waals surface area contributed by atoms with Gasteiger partial charge in [0.25, 0.3) is 0 Å². The molecule has 0 amide bonds. The van der Waals surface area contributed by atoms with Crippen LogP contribution in [0.15, 0.2) is 29.0 Å². The molecule has 0 aliphatic heterocycles. The first-order valence-corrected chi connectivity index (χ1v) is 6.84. The maximum absolute atomic E-state index is 4.31. The van der Waals surface area contributed by atoms with Crippen molar-refractivity contribution in [3.05, 3.63) is 29.0 Å². The van der Waals surface area contributed by atoms with Crippen LogP contribution in [0.4, 0.5) is 0 Å². The number of halogens is 1. The lowest BCUT2D eigenvalue weighted by Gasteiger charge is -1.97. The van der Waals surface area contributed by atoms with Gasteiger partial charge in [-0.25, -0.2) is 4.98 Å². The fraction of sp³-hybridized carbons (Fsp3) is 0.125. The van der Waals surface area contributed by atoms with Crippen molar-refractivity contribution >= 4 is 41.4 Å². The highest BCUT2D eigenvalue weighted by Crippen LogP contribution is 2.09. The van der Waals surface area contributed by atoms with E-state index in [9.17, 15) is 0 Å². The molecular formula is C8H8AlBrN2. The van der Waals surface area contributed by atoms with Crippen LogP contribution < -0.4 is 4.56 Å². The van der Waals surface area contributed by atoms with E-state index in [2.05, 4.69) is 37.3 Å². The molecule has 2 aromatic rings. The molecule has 0 N–H and O–H groups in total. The van der Waals surface area contributed by atoms with Crippen LogP contribution in [0.3, 0.4) is 0 Å². The van der Waals surface area contributed by atoms with E-state index in [0.717, 1.165) is 10.1 Å². The third kappa shape index (κ3) is 1.31. The van der Waals surface area contributed by atoms with E-state index < -0.39 is 0 Å². The predicted octanol–water partition coefficient (Wildman–Crippen LogP) is 1.21. The van der Waals surface area contributed by atoms with Crippen molar-refractivity contribution in [1.82, 2.24) is 9.38 Å². The Bertz CT molecular complexity index is 410. The first-order valence-electron chi connectivity index (χ1n) is 3.92. The Hall–Kier alpha value is -0.298. The first kappa shape index (κ1) is 8.31. The summed E-state index contributed by atoms with van der Waals surface area (Å²) in [6.45, 7) is 0. The lowest BCUT2D eigenvalue weighted by molar-refractivity contribution is 1.20. The molecule has 0 fully saturated rings. The Morgan fingerprint density at radius 2 is 2.33 bits per heavy atom. The number of fused-ring (bicyclic) bond motifs is 1. The van der Waals surface area contributed by atoms with Crippen molar-refractivity contribution in [3.8, 4) is 0 Å². The SMILES string of the molecule is [CH3][AlH][c]1cnc2ccc(Br)cn12. The van der Waals surface area contributed by atoms with Gasteiger partial charge in [-0.3, -0.25) is 0 Å². The molecule has 0 saturated heterocycles. The molecule has 0 unspecified atom stereocenters. The summed E-state index contributed by atoms with van der Waals surface area (Å²) in [5.41, 5.74) is 1.04. The molecule has 0 aromatic carbocycles. The molecule has 0 saturated carbocycles. The number of aromatic nitrogens is 2. The Morgan fingerprint density at radius 3 is 3.08 bits per heavy atom. The van der Waals surface area contributed by atoms with Gasteiger partial charge < -0.3 is 4.40 Å². The van der Waals surface area contributed by atoms with Crippen LogP contribution in [-0.2, 0) is 0 Å². The normalized spacial score (nSPS) is 10.5. The third-order valence-corrected chi connectivity index (χ3v) is 3.63. The van der Waals surface area contributed by atoms with Gasteiger partial charge in [-0.2, -0.15) is 0 Å². The zero-order valence-electron chi connectivity index (χ0n) is 6.79. The number of hydrogen-bond acceptors (Lipinski definition) is 1. The molecule has 0 aliphatic carbocycles. The van der Waals surface area contributed by atoms with Crippen molar-refractivity contribution in [1.29, 1.82) is 0 Å². The fourth-order valence-electron chi connectivity index (χ4n) is 1.27. The average molecular weight is 239 g/mol. The van der Waals surface area contributed by atoms with Crippen LogP contribution in [-0.4, -0.2) is 24.6 Å². The number of imidazole rings is 1. The van der Waals surface area contributed by atoms with Crippen LogP contribution in [0.5, 0.6) is 0 Å². The second-order valence-electron chi connectivity index (χ2n) is 2.68. The van der Waals surface area contributed by atoms with Crippen molar-refractivity contribution < 1.29 is 0 Å². The van der Waals surface area contributed by atoms with Gasteiger partial charge >= 0.3 is 15.2 Å². The molecule has 60 valence electrons. The Morgan fingerprint density at radius 1 is 1.50 bits per heavy atom. The van der Waals surface area contributed by atoms with Gasteiger partial charge in [-0.05, 0) is 32.6 Å². The topological polar surface area (TPSA) is 17.3 Å². The van der Waals surface area contributed by atoms with Crippen molar-refractivity contribution in [2.45, 2.75) is 5.79 Å². The van der Waals surface area contributed by atoms with Gasteiger partial charge in [0.2, 0.25) is 0 Å². The number of rotatable bonds is 1. The molecule has 2 aromatic heterocycles. The minimum absolute atomic E-state index is 0.125. The highest BCUT2D eigenvalue weighted by molar-refractivity contribution is 9.10. The standard InChI is InChI=1S/C7H4BrN2.CH3.Al.H/c8-6-1-2-7-9-3-4-10(7)5-6;;;/h1-3,5H;1H3;;. The summed E-state index contributed by atoms with van der Waals surface area (Å²) < 4.78 is 4.65. The largest absolute Gasteiger partial charge is 0.320 e. The van der Waals surface area contributed by atoms with Crippen LogP contribution in [0.2, 0.25) is 5.79 Å². The monoisotopic (exact) mass is 238 g/mol. The van der Waals surface area contributed by atoms with E-state index in [4.69, 9.17) is 0 Å². The van der Waals surface area contributed by atoms with Gasteiger partial charge in [0, 0.05) is 16.9 Å². The van der Waals surface area contributed by atoms with E-state index in [1.54, 1.807) is 0 Å². The molecule has 0 atom stereocenters. The second-order valence-corrected chi connectivity index (χ2v) is 5.03. The van der Waals surface area contributed by atoms with Crippen molar-refractivity contribution in [2.24, 2.45) is 0 Å². The maximum atomic E-state index is 4.31. The number of hydrogen-bond donors (Lipinski definition) is 0. The van der Waals surface area contributed by atoms with Crippen LogP contribution >= 0.6 is 15.9 Å². The minimum Gasteiger partial charge on any atom is -0.320 e. The smallest absolute Gasteiger partial charge is 0.310 e. The molecule has 2 rings (SSSR count). The van der Waals surface area contributed by atoms with E-state index in [0.29, 0.717) is 0 Å². The molecule has 4 heteroatoms. The summed E-state index contributed by atoms with van der Waals surface area (Å²) in [6.07, 6.45) is 4.06. The summed E-state index contributed by atoms with van der Waals surface area (Å²) in [6, 6.07) is 4.04. The lowest BCUT2D eigenvalue weighted by atomic mass is 10.5. The average Bonchev–Trinajstić information content (AvgIpc) is 2.46.